The monoisotopic (exact) mass is 299 g/mol. The van der Waals surface area contributed by atoms with Gasteiger partial charge >= 0.3 is 5.97 Å². The number of ether oxygens (including phenoxy) is 5. The van der Waals surface area contributed by atoms with E-state index >= 15 is 0 Å². The molecule has 0 aromatic heterocycles. The Bertz CT molecular complexity index is 463. The Kier molecular flexibility index (Phi) is 7.34. The molecule has 1 aromatic carbocycles. The van der Waals surface area contributed by atoms with Gasteiger partial charge in [-0.2, -0.15) is 0 Å². The Balaban J connectivity index is 2.97. The largest absolute Gasteiger partial charge is 0.487 e. The minimum absolute atomic E-state index is 0.226. The van der Waals surface area contributed by atoms with E-state index in [0.717, 1.165) is 0 Å². The lowest BCUT2D eigenvalue weighted by Crippen LogP contribution is -2.11. The quantitative estimate of drug-likeness (QED) is 0.415. The van der Waals surface area contributed by atoms with Gasteiger partial charge in [-0.15, -0.1) is 0 Å². The molecule has 0 spiro atoms. The van der Waals surface area contributed by atoms with Crippen LogP contribution < -0.4 is 15.2 Å². The molecule has 118 valence electrons. The average Bonchev–Trinajstić information content (AvgIpc) is 2.49. The topological polar surface area (TPSA) is 89.2 Å². The van der Waals surface area contributed by atoms with Crippen LogP contribution in [0.2, 0.25) is 0 Å². The fourth-order valence-electron chi connectivity index (χ4n) is 1.56. The number of anilines is 1. The van der Waals surface area contributed by atoms with Crippen molar-refractivity contribution >= 4 is 11.7 Å². The van der Waals surface area contributed by atoms with E-state index in [9.17, 15) is 4.79 Å². The molecule has 21 heavy (non-hydrogen) atoms. The van der Waals surface area contributed by atoms with E-state index in [1.54, 1.807) is 14.2 Å². The summed E-state index contributed by atoms with van der Waals surface area (Å²) in [6.45, 7) is 1.50. The van der Waals surface area contributed by atoms with Crippen molar-refractivity contribution in [1.29, 1.82) is 0 Å². The van der Waals surface area contributed by atoms with Crippen LogP contribution in [-0.2, 0) is 14.2 Å². The van der Waals surface area contributed by atoms with Crippen molar-refractivity contribution in [2.24, 2.45) is 0 Å². The maximum absolute atomic E-state index is 11.6. The molecule has 0 heterocycles. The Morgan fingerprint density at radius 2 is 1.48 bits per heavy atom. The minimum Gasteiger partial charge on any atom is -0.487 e. The third-order valence-electron chi connectivity index (χ3n) is 2.61. The molecule has 7 nitrogen and oxygen atoms in total. The molecule has 0 amide bonds. The van der Waals surface area contributed by atoms with Gasteiger partial charge in [0, 0.05) is 26.4 Å². The molecule has 0 aliphatic rings. The van der Waals surface area contributed by atoms with Crippen LogP contribution in [0.25, 0.3) is 0 Å². The first-order valence-electron chi connectivity index (χ1n) is 6.39. The number of rotatable bonds is 9. The first kappa shape index (κ1) is 17.1. The van der Waals surface area contributed by atoms with Crippen LogP contribution in [-0.4, -0.2) is 53.7 Å². The number of nitrogen functional groups attached to an aromatic ring is 1. The van der Waals surface area contributed by atoms with E-state index in [1.807, 2.05) is 0 Å². The van der Waals surface area contributed by atoms with Crippen LogP contribution in [0.4, 0.5) is 5.69 Å². The van der Waals surface area contributed by atoms with E-state index in [0.29, 0.717) is 37.9 Å². The maximum Gasteiger partial charge on any atom is 0.340 e. The van der Waals surface area contributed by atoms with E-state index in [4.69, 9.17) is 24.7 Å². The minimum atomic E-state index is -0.535. The molecule has 1 aromatic rings. The van der Waals surface area contributed by atoms with Crippen molar-refractivity contribution in [1.82, 2.24) is 0 Å². The summed E-state index contributed by atoms with van der Waals surface area (Å²) in [5.74, 6) is 0.304. The standard InChI is InChI=1S/C14H21NO6/c1-17-4-6-20-12-8-10(14(16)19-3)11(15)9-13(12)21-7-5-18-2/h8-9H,4-7,15H2,1-3H3. The molecule has 0 unspecified atom stereocenters. The average molecular weight is 299 g/mol. The highest BCUT2D eigenvalue weighted by Gasteiger charge is 2.16. The molecule has 1 rings (SSSR count). The zero-order valence-corrected chi connectivity index (χ0v) is 12.5. The maximum atomic E-state index is 11.6. The summed E-state index contributed by atoms with van der Waals surface area (Å²) in [5.41, 5.74) is 6.32. The zero-order valence-electron chi connectivity index (χ0n) is 12.5. The Labute approximate surface area is 123 Å². The van der Waals surface area contributed by atoms with Gasteiger partial charge in [0.15, 0.2) is 11.5 Å². The highest BCUT2D eigenvalue weighted by atomic mass is 16.5. The van der Waals surface area contributed by atoms with Gasteiger partial charge in [0.05, 0.1) is 31.6 Å². The summed E-state index contributed by atoms with van der Waals surface area (Å²) < 4.78 is 25.6. The fourth-order valence-corrected chi connectivity index (χ4v) is 1.56. The number of nitrogens with two attached hydrogens (primary N) is 1. The summed E-state index contributed by atoms with van der Waals surface area (Å²) in [7, 11) is 4.44. The molecule has 0 aliphatic heterocycles. The number of hydrogen-bond acceptors (Lipinski definition) is 7. The predicted molar refractivity (Wildman–Crippen MR) is 76.9 cm³/mol. The van der Waals surface area contributed by atoms with Crippen LogP contribution in [0.1, 0.15) is 10.4 Å². The van der Waals surface area contributed by atoms with Gasteiger partial charge in [-0.25, -0.2) is 4.79 Å². The molecule has 0 atom stereocenters. The summed E-state index contributed by atoms with van der Waals surface area (Å²) in [6, 6.07) is 3.03. The third kappa shape index (κ3) is 5.13. The number of carbonyl (C=O) groups is 1. The second-order valence-corrected chi connectivity index (χ2v) is 4.06. The van der Waals surface area contributed by atoms with Gasteiger partial charge in [-0.05, 0) is 0 Å². The summed E-state index contributed by atoms with van der Waals surface area (Å²) in [4.78, 5) is 11.6. The molecule has 0 fully saturated rings. The smallest absolute Gasteiger partial charge is 0.340 e. The molecular formula is C14H21NO6. The summed E-state index contributed by atoms with van der Waals surface area (Å²) in [5, 5.41) is 0. The Morgan fingerprint density at radius 1 is 0.952 bits per heavy atom. The lowest BCUT2D eigenvalue weighted by Gasteiger charge is -2.15. The van der Waals surface area contributed by atoms with E-state index in [1.165, 1.54) is 19.2 Å². The van der Waals surface area contributed by atoms with Crippen molar-refractivity contribution in [2.75, 3.05) is 53.5 Å². The molecule has 0 bridgehead atoms. The van der Waals surface area contributed by atoms with Crippen LogP contribution in [0.5, 0.6) is 11.5 Å². The second-order valence-electron chi connectivity index (χ2n) is 4.06. The molecule has 2 N–H and O–H groups in total. The van der Waals surface area contributed by atoms with Crippen molar-refractivity contribution in [2.45, 2.75) is 0 Å². The molecule has 0 aliphatic carbocycles. The Morgan fingerprint density at radius 3 is 1.95 bits per heavy atom. The van der Waals surface area contributed by atoms with E-state index in [-0.39, 0.29) is 11.3 Å². The Hall–Kier alpha value is -1.99. The van der Waals surface area contributed by atoms with Crippen molar-refractivity contribution in [3.63, 3.8) is 0 Å². The number of benzene rings is 1. The predicted octanol–water partition coefficient (Wildman–Crippen LogP) is 1.11. The van der Waals surface area contributed by atoms with E-state index in [2.05, 4.69) is 4.74 Å². The highest BCUT2D eigenvalue weighted by Crippen LogP contribution is 2.33. The molecule has 0 saturated heterocycles. The normalized spacial score (nSPS) is 10.2. The molecule has 0 saturated carbocycles. The first-order valence-corrected chi connectivity index (χ1v) is 6.39. The number of methoxy groups -OCH3 is 3. The SMILES string of the molecule is COCCOc1cc(N)c(C(=O)OC)cc1OCCOC. The molecular weight excluding hydrogens is 278 g/mol. The van der Waals surface area contributed by atoms with Gasteiger partial charge in [-0.1, -0.05) is 0 Å². The number of esters is 1. The fraction of sp³-hybridized carbons (Fsp3) is 0.500. The lowest BCUT2D eigenvalue weighted by molar-refractivity contribution is 0.0601. The number of hydrogen-bond donors (Lipinski definition) is 1. The summed E-state index contributed by atoms with van der Waals surface area (Å²) in [6.07, 6.45) is 0. The van der Waals surface area contributed by atoms with Gasteiger partial charge in [0.2, 0.25) is 0 Å². The highest BCUT2D eigenvalue weighted by molar-refractivity contribution is 5.96. The van der Waals surface area contributed by atoms with Crippen LogP contribution in [0.3, 0.4) is 0 Å². The van der Waals surface area contributed by atoms with Crippen LogP contribution in [0, 0.1) is 0 Å². The van der Waals surface area contributed by atoms with Crippen molar-refractivity contribution < 1.29 is 28.5 Å². The third-order valence-corrected chi connectivity index (χ3v) is 2.61. The molecule has 0 radical (unpaired) electrons. The zero-order chi connectivity index (χ0) is 15.7. The second kappa shape index (κ2) is 9.04. The lowest BCUT2D eigenvalue weighted by atomic mass is 10.1. The first-order chi connectivity index (χ1) is 10.1. The van der Waals surface area contributed by atoms with Gasteiger partial charge in [0.25, 0.3) is 0 Å². The number of carbonyl (C=O) groups excluding carboxylic acids is 1. The van der Waals surface area contributed by atoms with Gasteiger partial charge < -0.3 is 29.4 Å². The van der Waals surface area contributed by atoms with Gasteiger partial charge in [-0.3, -0.25) is 0 Å². The van der Waals surface area contributed by atoms with Crippen molar-refractivity contribution in [3.05, 3.63) is 17.7 Å². The van der Waals surface area contributed by atoms with Crippen LogP contribution >= 0.6 is 0 Å². The van der Waals surface area contributed by atoms with Crippen molar-refractivity contribution in [3.8, 4) is 11.5 Å². The van der Waals surface area contributed by atoms with Crippen LogP contribution in [0.15, 0.2) is 12.1 Å². The van der Waals surface area contributed by atoms with E-state index < -0.39 is 5.97 Å². The van der Waals surface area contributed by atoms with Gasteiger partial charge in [0.1, 0.15) is 13.2 Å². The molecule has 7 heteroatoms. The summed E-state index contributed by atoms with van der Waals surface area (Å²) >= 11 is 0.